The number of aromatic nitrogens is 1. The molecule has 24 heavy (non-hydrogen) atoms. The van der Waals surface area contributed by atoms with Crippen molar-refractivity contribution in [2.75, 3.05) is 11.9 Å². The van der Waals surface area contributed by atoms with Crippen LogP contribution in [0.4, 0.5) is 5.13 Å². The van der Waals surface area contributed by atoms with Gasteiger partial charge in [0.2, 0.25) is 5.91 Å². The number of hydrogen-bond acceptors (Lipinski definition) is 6. The average molecular weight is 386 g/mol. The Hall–Kier alpha value is -1.29. The van der Waals surface area contributed by atoms with Gasteiger partial charge < -0.3 is 5.32 Å². The zero-order valence-electron chi connectivity index (χ0n) is 13.5. The maximum atomic E-state index is 12.7. The Morgan fingerprint density at radius 2 is 2.29 bits per heavy atom. The topological polar surface area (TPSA) is 79.4 Å². The monoisotopic (exact) mass is 385 g/mol. The van der Waals surface area contributed by atoms with E-state index in [1.807, 2.05) is 13.8 Å². The number of nitrogens with zero attached hydrogens (tertiary/aromatic N) is 2. The Kier molecular flexibility index (Phi) is 5.05. The number of thiophene rings is 1. The third-order valence-corrected chi connectivity index (χ3v) is 8.23. The molecule has 1 saturated heterocycles. The molecule has 0 aromatic carbocycles. The highest BCUT2D eigenvalue weighted by Gasteiger charge is 2.40. The van der Waals surface area contributed by atoms with E-state index in [9.17, 15) is 13.2 Å². The molecule has 1 amide bonds. The number of aryl methyl sites for hydroxylation is 2. The van der Waals surface area contributed by atoms with Gasteiger partial charge in [0, 0.05) is 11.4 Å². The van der Waals surface area contributed by atoms with Gasteiger partial charge in [0.05, 0.1) is 5.69 Å². The maximum absolute atomic E-state index is 12.7. The Balaban J connectivity index is 1.78. The van der Waals surface area contributed by atoms with E-state index in [0.29, 0.717) is 24.5 Å². The van der Waals surface area contributed by atoms with Gasteiger partial charge in [0.25, 0.3) is 10.0 Å². The van der Waals surface area contributed by atoms with Gasteiger partial charge in [-0.05, 0) is 37.6 Å². The Bertz CT molecular complexity index is 828. The van der Waals surface area contributed by atoms with Gasteiger partial charge in [0.15, 0.2) is 5.13 Å². The van der Waals surface area contributed by atoms with E-state index in [1.165, 1.54) is 27.0 Å². The summed E-state index contributed by atoms with van der Waals surface area (Å²) >= 11 is 2.59. The molecule has 0 spiro atoms. The molecular formula is C15H19N3O3S3. The second-order valence-electron chi connectivity index (χ2n) is 5.57. The van der Waals surface area contributed by atoms with Crippen LogP contribution in [0.5, 0.6) is 0 Å². The molecule has 1 N–H and O–H groups in total. The molecule has 0 radical (unpaired) electrons. The smallest absolute Gasteiger partial charge is 0.253 e. The van der Waals surface area contributed by atoms with Crippen molar-refractivity contribution < 1.29 is 13.2 Å². The quantitative estimate of drug-likeness (QED) is 0.858. The molecular weight excluding hydrogens is 366 g/mol. The number of carbonyl (C=O) groups is 1. The van der Waals surface area contributed by atoms with Crippen molar-refractivity contribution in [3.63, 3.8) is 0 Å². The third-order valence-electron chi connectivity index (χ3n) is 4.02. The van der Waals surface area contributed by atoms with Crippen LogP contribution in [0.15, 0.2) is 21.7 Å². The van der Waals surface area contributed by atoms with Gasteiger partial charge in [-0.15, -0.1) is 22.7 Å². The van der Waals surface area contributed by atoms with Gasteiger partial charge in [-0.25, -0.2) is 13.4 Å². The Labute approximate surface area is 149 Å². The molecule has 1 atom stereocenters. The molecule has 0 aliphatic carbocycles. The van der Waals surface area contributed by atoms with Crippen LogP contribution in [0, 0.1) is 6.92 Å². The van der Waals surface area contributed by atoms with E-state index in [-0.39, 0.29) is 10.1 Å². The molecule has 1 fully saturated rings. The van der Waals surface area contributed by atoms with Crippen LogP contribution in [0.2, 0.25) is 0 Å². The minimum absolute atomic E-state index is 0.278. The van der Waals surface area contributed by atoms with E-state index in [4.69, 9.17) is 0 Å². The lowest BCUT2D eigenvalue weighted by Crippen LogP contribution is -2.42. The fourth-order valence-corrected chi connectivity index (χ4v) is 6.50. The molecule has 9 heteroatoms. The maximum Gasteiger partial charge on any atom is 0.253 e. The summed E-state index contributed by atoms with van der Waals surface area (Å²) in [6.45, 7) is 4.35. The first-order valence-electron chi connectivity index (χ1n) is 7.76. The van der Waals surface area contributed by atoms with Crippen LogP contribution in [0.1, 0.15) is 30.3 Å². The number of amides is 1. The second kappa shape index (κ2) is 6.91. The first-order chi connectivity index (χ1) is 11.4. The summed E-state index contributed by atoms with van der Waals surface area (Å²) < 4.78 is 27.0. The number of rotatable bonds is 5. The SMILES string of the molecule is CCc1nc(NC(=O)C2CCCN2S(=O)(=O)c2cccs2)sc1C. The highest BCUT2D eigenvalue weighted by molar-refractivity contribution is 7.91. The summed E-state index contributed by atoms with van der Waals surface area (Å²) in [5.41, 5.74) is 0.963. The summed E-state index contributed by atoms with van der Waals surface area (Å²) in [5, 5.41) is 5.05. The number of nitrogens with one attached hydrogen (secondary N) is 1. The molecule has 0 saturated carbocycles. The third kappa shape index (κ3) is 3.26. The Morgan fingerprint density at radius 3 is 2.92 bits per heavy atom. The molecule has 1 aliphatic heterocycles. The highest BCUT2D eigenvalue weighted by atomic mass is 32.2. The lowest BCUT2D eigenvalue weighted by molar-refractivity contribution is -0.119. The Morgan fingerprint density at radius 1 is 1.50 bits per heavy atom. The number of hydrogen-bond donors (Lipinski definition) is 1. The molecule has 6 nitrogen and oxygen atoms in total. The van der Waals surface area contributed by atoms with E-state index in [0.717, 1.165) is 17.0 Å². The van der Waals surface area contributed by atoms with Crippen molar-refractivity contribution in [3.05, 3.63) is 28.1 Å². The van der Waals surface area contributed by atoms with Crippen LogP contribution in [-0.2, 0) is 21.2 Å². The van der Waals surface area contributed by atoms with Crippen molar-refractivity contribution in [2.24, 2.45) is 0 Å². The van der Waals surface area contributed by atoms with Gasteiger partial charge >= 0.3 is 0 Å². The first kappa shape index (κ1) is 17.5. The summed E-state index contributed by atoms with van der Waals surface area (Å²) in [5.74, 6) is -0.302. The predicted octanol–water partition coefficient (Wildman–Crippen LogP) is 2.87. The normalized spacial score (nSPS) is 18.8. The standard InChI is InChI=1S/C15H19N3O3S3/c1-3-11-10(2)23-15(16-11)17-14(19)12-6-4-8-18(12)24(20,21)13-7-5-9-22-13/h5,7,9,12H,3-4,6,8H2,1-2H3,(H,16,17,19). The second-order valence-corrected chi connectivity index (χ2v) is 9.84. The van der Waals surface area contributed by atoms with E-state index in [2.05, 4.69) is 10.3 Å². The molecule has 1 aliphatic rings. The summed E-state index contributed by atoms with van der Waals surface area (Å²) in [7, 11) is -3.62. The minimum Gasteiger partial charge on any atom is -0.301 e. The highest BCUT2D eigenvalue weighted by Crippen LogP contribution is 2.30. The van der Waals surface area contributed by atoms with Crippen molar-refractivity contribution in [2.45, 2.75) is 43.4 Å². The van der Waals surface area contributed by atoms with Crippen molar-refractivity contribution in [1.29, 1.82) is 0 Å². The first-order valence-corrected chi connectivity index (χ1v) is 10.9. The average Bonchev–Trinajstić information content (AvgIpc) is 3.28. The van der Waals surface area contributed by atoms with Gasteiger partial charge in [-0.3, -0.25) is 4.79 Å². The molecule has 2 aromatic heterocycles. The largest absolute Gasteiger partial charge is 0.301 e. The number of carbonyl (C=O) groups excluding carboxylic acids is 1. The summed E-state index contributed by atoms with van der Waals surface area (Å²) in [6.07, 6.45) is 2.02. The summed E-state index contributed by atoms with van der Waals surface area (Å²) in [4.78, 5) is 18.1. The van der Waals surface area contributed by atoms with Crippen LogP contribution in [0.25, 0.3) is 0 Å². The molecule has 3 heterocycles. The number of sulfonamides is 1. The van der Waals surface area contributed by atoms with Gasteiger partial charge in [-0.1, -0.05) is 13.0 Å². The van der Waals surface area contributed by atoms with E-state index >= 15 is 0 Å². The van der Waals surface area contributed by atoms with Crippen LogP contribution < -0.4 is 5.32 Å². The zero-order valence-corrected chi connectivity index (χ0v) is 15.9. The lowest BCUT2D eigenvalue weighted by atomic mass is 10.2. The summed E-state index contributed by atoms with van der Waals surface area (Å²) in [6, 6.07) is 2.60. The molecule has 3 rings (SSSR count). The fraction of sp³-hybridized carbons (Fsp3) is 0.467. The zero-order chi connectivity index (χ0) is 17.3. The molecule has 1 unspecified atom stereocenters. The van der Waals surface area contributed by atoms with E-state index < -0.39 is 16.1 Å². The molecule has 0 bridgehead atoms. The number of thiazole rings is 1. The van der Waals surface area contributed by atoms with Crippen LogP contribution in [-0.4, -0.2) is 36.2 Å². The van der Waals surface area contributed by atoms with Crippen LogP contribution in [0.3, 0.4) is 0 Å². The van der Waals surface area contributed by atoms with Crippen molar-refractivity contribution in [3.8, 4) is 0 Å². The predicted molar refractivity (Wildman–Crippen MR) is 96.1 cm³/mol. The fourth-order valence-electron chi connectivity index (χ4n) is 2.81. The van der Waals surface area contributed by atoms with Crippen molar-refractivity contribution >= 4 is 43.7 Å². The van der Waals surface area contributed by atoms with Crippen molar-refractivity contribution in [1.82, 2.24) is 9.29 Å². The van der Waals surface area contributed by atoms with Gasteiger partial charge in [-0.2, -0.15) is 4.31 Å². The lowest BCUT2D eigenvalue weighted by Gasteiger charge is -2.22. The molecule has 130 valence electrons. The minimum atomic E-state index is -3.62. The molecule has 2 aromatic rings. The van der Waals surface area contributed by atoms with Gasteiger partial charge in [0.1, 0.15) is 10.3 Å². The van der Waals surface area contributed by atoms with Crippen LogP contribution >= 0.6 is 22.7 Å². The van der Waals surface area contributed by atoms with E-state index in [1.54, 1.807) is 17.5 Å². The number of anilines is 1.